The van der Waals surface area contributed by atoms with Crippen molar-refractivity contribution in [3.05, 3.63) is 0 Å². The van der Waals surface area contributed by atoms with E-state index in [4.69, 9.17) is 4.43 Å². The monoisotopic (exact) mass is 118 g/mol. The fourth-order valence-corrected chi connectivity index (χ4v) is 0.907. The average Bonchev–Trinajstić information content (AvgIpc) is 1.68. The molecule has 1 unspecified atom stereocenters. The van der Waals surface area contributed by atoms with Crippen LogP contribution in [-0.2, 0) is 9.22 Å². The van der Waals surface area contributed by atoms with Gasteiger partial charge in [0.1, 0.15) is 6.29 Å². The van der Waals surface area contributed by atoms with Gasteiger partial charge in [0.25, 0.3) is 0 Å². The van der Waals surface area contributed by atoms with Crippen LogP contribution in [0.4, 0.5) is 0 Å². The van der Waals surface area contributed by atoms with Crippen molar-refractivity contribution in [2.45, 2.75) is 12.5 Å². The van der Waals surface area contributed by atoms with Gasteiger partial charge in [0.05, 0.1) is 0 Å². The molecule has 0 bridgehead atoms. The first kappa shape index (κ1) is 6.85. The molecule has 42 valence electrons. The van der Waals surface area contributed by atoms with E-state index in [0.29, 0.717) is 0 Å². The third-order valence-electron chi connectivity index (χ3n) is 0.662. The number of carbonyl (C=O) groups excluding carboxylic acids is 1. The third kappa shape index (κ3) is 3.68. The summed E-state index contributed by atoms with van der Waals surface area (Å²) in [6.45, 7) is 1.88. The molecule has 0 aromatic heterocycles. The van der Waals surface area contributed by atoms with E-state index in [-0.39, 0.29) is 5.54 Å². The molecule has 0 aliphatic carbocycles. The Hall–Kier alpha value is -0.153. The minimum atomic E-state index is -0.522. The maximum absolute atomic E-state index is 9.85. The Bertz CT molecular complexity index is 55.7. The lowest BCUT2D eigenvalue weighted by Crippen LogP contribution is -2.02. The molecule has 0 spiro atoms. The number of carbonyl (C=O) groups is 1. The van der Waals surface area contributed by atoms with Gasteiger partial charge < -0.3 is 9.22 Å². The Kier molecular flexibility index (Phi) is 3.93. The molecule has 0 saturated heterocycles. The summed E-state index contributed by atoms with van der Waals surface area (Å²) in [6, 6.07) is 0. The zero-order chi connectivity index (χ0) is 5.70. The van der Waals surface area contributed by atoms with E-state index in [2.05, 4.69) is 0 Å². The number of hydrogen-bond donors (Lipinski definition) is 0. The standard InChI is InChI=1S/C4H10O2Si/c1-4(3-5)7-6-2/h3-4H,7H2,1-2H3. The Morgan fingerprint density at radius 2 is 2.43 bits per heavy atom. The SMILES string of the molecule is CO[SiH2]C(C)C=O. The normalized spacial score (nSPS) is 15.1. The molecular formula is C4H10O2Si. The zero-order valence-electron chi connectivity index (χ0n) is 4.68. The predicted octanol–water partition coefficient (Wildman–Crippen LogP) is -0.276. The topological polar surface area (TPSA) is 26.3 Å². The van der Waals surface area contributed by atoms with Crippen LogP contribution in [0.2, 0.25) is 5.54 Å². The van der Waals surface area contributed by atoms with Gasteiger partial charge in [0.2, 0.25) is 0 Å². The first-order chi connectivity index (χ1) is 3.31. The van der Waals surface area contributed by atoms with Crippen LogP contribution in [0.3, 0.4) is 0 Å². The summed E-state index contributed by atoms with van der Waals surface area (Å²) in [4.78, 5) is 9.85. The van der Waals surface area contributed by atoms with Crippen LogP contribution >= 0.6 is 0 Å². The van der Waals surface area contributed by atoms with Crippen molar-refractivity contribution >= 4 is 16.0 Å². The molecule has 0 heterocycles. The molecule has 0 N–H and O–H groups in total. The van der Waals surface area contributed by atoms with Crippen LogP contribution in [0, 0.1) is 0 Å². The highest BCUT2D eigenvalue weighted by atomic mass is 28.2. The van der Waals surface area contributed by atoms with E-state index in [0.717, 1.165) is 6.29 Å². The Morgan fingerprint density at radius 1 is 1.86 bits per heavy atom. The van der Waals surface area contributed by atoms with Gasteiger partial charge in [0.15, 0.2) is 9.76 Å². The van der Waals surface area contributed by atoms with Crippen LogP contribution < -0.4 is 0 Å². The first-order valence-electron chi connectivity index (χ1n) is 2.25. The van der Waals surface area contributed by atoms with Gasteiger partial charge in [-0.3, -0.25) is 0 Å². The highest BCUT2D eigenvalue weighted by Gasteiger charge is 1.95. The average molecular weight is 118 g/mol. The van der Waals surface area contributed by atoms with E-state index in [1.54, 1.807) is 7.11 Å². The summed E-state index contributed by atoms with van der Waals surface area (Å²) in [5, 5.41) is 0. The highest BCUT2D eigenvalue weighted by molar-refractivity contribution is 6.34. The minimum absolute atomic E-state index is 0.185. The first-order valence-corrected chi connectivity index (χ1v) is 3.65. The number of rotatable bonds is 3. The van der Waals surface area contributed by atoms with E-state index in [1.807, 2.05) is 6.92 Å². The number of hydrogen-bond acceptors (Lipinski definition) is 2. The van der Waals surface area contributed by atoms with Gasteiger partial charge in [-0.05, 0) is 0 Å². The Labute approximate surface area is 45.8 Å². The molecule has 0 saturated carbocycles. The maximum atomic E-state index is 9.85. The zero-order valence-corrected chi connectivity index (χ0v) is 6.09. The predicted molar refractivity (Wildman–Crippen MR) is 31.0 cm³/mol. The van der Waals surface area contributed by atoms with Gasteiger partial charge in [0, 0.05) is 12.7 Å². The molecule has 1 atom stereocenters. The van der Waals surface area contributed by atoms with Crippen LogP contribution in [0.1, 0.15) is 6.92 Å². The molecule has 0 aromatic carbocycles. The second kappa shape index (κ2) is 4.02. The third-order valence-corrected chi connectivity index (χ3v) is 1.71. The fourth-order valence-electron chi connectivity index (χ4n) is 0.302. The molecule has 3 heteroatoms. The summed E-state index contributed by atoms with van der Waals surface area (Å²) >= 11 is 0. The smallest absolute Gasteiger partial charge is 0.170 e. The Balaban J connectivity index is 2.98. The van der Waals surface area contributed by atoms with Crippen molar-refractivity contribution in [1.82, 2.24) is 0 Å². The minimum Gasteiger partial charge on any atom is -0.426 e. The van der Waals surface area contributed by atoms with Crippen molar-refractivity contribution in [2.24, 2.45) is 0 Å². The molecule has 0 fully saturated rings. The van der Waals surface area contributed by atoms with Crippen molar-refractivity contribution in [3.8, 4) is 0 Å². The molecule has 0 aliphatic heterocycles. The van der Waals surface area contributed by atoms with Crippen LogP contribution in [0.5, 0.6) is 0 Å². The van der Waals surface area contributed by atoms with Gasteiger partial charge in [-0.1, -0.05) is 6.92 Å². The summed E-state index contributed by atoms with van der Waals surface area (Å²) in [7, 11) is 1.12. The lowest BCUT2D eigenvalue weighted by Gasteiger charge is -1.95. The van der Waals surface area contributed by atoms with Gasteiger partial charge in [-0.15, -0.1) is 0 Å². The van der Waals surface area contributed by atoms with E-state index < -0.39 is 9.76 Å². The van der Waals surface area contributed by atoms with Crippen LogP contribution in [0.15, 0.2) is 0 Å². The van der Waals surface area contributed by atoms with Crippen molar-refractivity contribution in [1.29, 1.82) is 0 Å². The van der Waals surface area contributed by atoms with E-state index in [9.17, 15) is 4.79 Å². The lowest BCUT2D eigenvalue weighted by atomic mass is 10.5. The van der Waals surface area contributed by atoms with Gasteiger partial charge in [-0.25, -0.2) is 0 Å². The maximum Gasteiger partial charge on any atom is 0.170 e. The molecule has 0 radical (unpaired) electrons. The molecule has 2 nitrogen and oxygen atoms in total. The Morgan fingerprint density at radius 3 is 2.57 bits per heavy atom. The molecule has 0 aliphatic rings. The quantitative estimate of drug-likeness (QED) is 0.376. The van der Waals surface area contributed by atoms with Gasteiger partial charge in [-0.2, -0.15) is 0 Å². The molecule has 0 aromatic rings. The van der Waals surface area contributed by atoms with E-state index in [1.165, 1.54) is 0 Å². The molecule has 0 amide bonds. The molecule has 7 heavy (non-hydrogen) atoms. The van der Waals surface area contributed by atoms with Gasteiger partial charge >= 0.3 is 0 Å². The molecule has 0 rings (SSSR count). The van der Waals surface area contributed by atoms with Crippen molar-refractivity contribution in [3.63, 3.8) is 0 Å². The van der Waals surface area contributed by atoms with Crippen molar-refractivity contribution in [2.75, 3.05) is 7.11 Å². The van der Waals surface area contributed by atoms with Crippen molar-refractivity contribution < 1.29 is 9.22 Å². The van der Waals surface area contributed by atoms with Crippen LogP contribution in [0.25, 0.3) is 0 Å². The highest BCUT2D eigenvalue weighted by Crippen LogP contribution is 1.91. The fraction of sp³-hybridized carbons (Fsp3) is 0.750. The summed E-state index contributed by atoms with van der Waals surface area (Å²) in [5.74, 6) is 0. The number of aldehydes is 1. The summed E-state index contributed by atoms with van der Waals surface area (Å²) in [5.41, 5.74) is 0.185. The summed E-state index contributed by atoms with van der Waals surface area (Å²) in [6.07, 6.45) is 0.940. The second-order valence-electron chi connectivity index (χ2n) is 1.57. The summed E-state index contributed by atoms with van der Waals surface area (Å²) < 4.78 is 4.80. The lowest BCUT2D eigenvalue weighted by molar-refractivity contribution is -0.107. The largest absolute Gasteiger partial charge is 0.426 e. The second-order valence-corrected chi connectivity index (χ2v) is 3.77. The van der Waals surface area contributed by atoms with Crippen LogP contribution in [-0.4, -0.2) is 23.2 Å². The molecular weight excluding hydrogens is 108 g/mol. The van der Waals surface area contributed by atoms with E-state index >= 15 is 0 Å².